The average molecular weight is 549 g/mol. The molecule has 3 aromatic rings. The Morgan fingerprint density at radius 3 is 2.36 bits per heavy atom. The summed E-state index contributed by atoms with van der Waals surface area (Å²) in [5, 5.41) is 14.5. The van der Waals surface area contributed by atoms with Gasteiger partial charge in [0.1, 0.15) is 17.5 Å². The Labute approximate surface area is 220 Å². The number of aryl methyl sites for hydroxylation is 1. The fourth-order valence-corrected chi connectivity index (χ4v) is 5.50. The van der Waals surface area contributed by atoms with E-state index < -0.39 is 33.7 Å². The number of fused-ring (bicyclic) bond motifs is 1. The number of nitrogens with one attached hydrogen (secondary N) is 2. The van der Waals surface area contributed by atoms with E-state index in [4.69, 9.17) is 27.9 Å². The lowest BCUT2D eigenvalue weighted by Crippen LogP contribution is -2.53. The number of rotatable bonds is 6. The van der Waals surface area contributed by atoms with Crippen molar-refractivity contribution in [3.05, 3.63) is 87.4 Å². The standard InChI is InChI=1S/C26H26Cl2N2O5S/c1-4-15-5-9-18(10-6-15)36(33,34)30-23-19-13-16(7-12-22(19)35-26(2,3)24(23)31)25(32)29-17-8-11-20(27)21(28)14-17/h5-14,23-24,30-31H,4H2,1-3H3,(H,29,32)/t23-,24+/m1/s1. The number of halogens is 2. The molecule has 0 aromatic heterocycles. The van der Waals surface area contributed by atoms with Crippen molar-refractivity contribution in [1.29, 1.82) is 0 Å². The highest BCUT2D eigenvalue weighted by Gasteiger charge is 2.44. The van der Waals surface area contributed by atoms with Crippen LogP contribution < -0.4 is 14.8 Å². The lowest BCUT2D eigenvalue weighted by atomic mass is 9.86. The summed E-state index contributed by atoms with van der Waals surface area (Å²) in [6.45, 7) is 5.32. The number of amides is 1. The third-order valence-corrected chi connectivity index (χ3v) is 8.31. The third-order valence-electron chi connectivity index (χ3n) is 6.11. The van der Waals surface area contributed by atoms with Crippen LogP contribution >= 0.6 is 23.2 Å². The van der Waals surface area contributed by atoms with Crippen LogP contribution in [-0.4, -0.2) is 31.1 Å². The first kappa shape index (κ1) is 26.4. The Bertz CT molecular complexity index is 1410. The van der Waals surface area contributed by atoms with Gasteiger partial charge in [-0.25, -0.2) is 13.1 Å². The van der Waals surface area contributed by atoms with Crippen molar-refractivity contribution in [2.24, 2.45) is 0 Å². The minimum atomic E-state index is -3.99. The van der Waals surface area contributed by atoms with E-state index in [1.54, 1.807) is 50.2 Å². The third kappa shape index (κ3) is 5.38. The smallest absolute Gasteiger partial charge is 0.255 e. The molecular weight excluding hydrogens is 523 g/mol. The van der Waals surface area contributed by atoms with Gasteiger partial charge < -0.3 is 15.2 Å². The normalized spacial score (nSPS) is 18.7. The van der Waals surface area contributed by atoms with Crippen LogP contribution in [0.25, 0.3) is 0 Å². The molecule has 0 saturated carbocycles. The maximum absolute atomic E-state index is 13.2. The lowest BCUT2D eigenvalue weighted by molar-refractivity contribution is -0.0603. The molecule has 1 aliphatic rings. The van der Waals surface area contributed by atoms with Crippen molar-refractivity contribution in [2.75, 3.05) is 5.32 Å². The van der Waals surface area contributed by atoms with Gasteiger partial charge in [-0.05, 0) is 74.4 Å². The highest BCUT2D eigenvalue weighted by Crippen LogP contribution is 2.41. The first-order valence-corrected chi connectivity index (χ1v) is 13.5. The van der Waals surface area contributed by atoms with Crippen LogP contribution in [0.15, 0.2) is 65.6 Å². The Hall–Kier alpha value is -2.62. The molecule has 0 radical (unpaired) electrons. The van der Waals surface area contributed by atoms with Gasteiger partial charge in [0.2, 0.25) is 10.0 Å². The zero-order valence-corrected chi connectivity index (χ0v) is 22.2. The molecule has 0 aliphatic carbocycles. The fourth-order valence-electron chi connectivity index (χ4n) is 3.99. The number of benzene rings is 3. The van der Waals surface area contributed by atoms with E-state index in [1.165, 1.54) is 24.3 Å². The summed E-state index contributed by atoms with van der Waals surface area (Å²) in [5.74, 6) is -0.0855. The summed E-state index contributed by atoms with van der Waals surface area (Å²) in [5.41, 5.74) is 0.946. The van der Waals surface area contributed by atoms with Gasteiger partial charge in [-0.3, -0.25) is 4.79 Å². The predicted octanol–water partition coefficient (Wildman–Crippen LogP) is 5.36. The quantitative estimate of drug-likeness (QED) is 0.384. The van der Waals surface area contributed by atoms with E-state index in [9.17, 15) is 18.3 Å². The second-order valence-electron chi connectivity index (χ2n) is 9.08. The minimum absolute atomic E-state index is 0.0752. The molecule has 4 rings (SSSR count). The predicted molar refractivity (Wildman–Crippen MR) is 140 cm³/mol. The van der Waals surface area contributed by atoms with Gasteiger partial charge >= 0.3 is 0 Å². The Morgan fingerprint density at radius 2 is 1.72 bits per heavy atom. The molecule has 7 nitrogen and oxygen atoms in total. The molecule has 0 bridgehead atoms. The average Bonchev–Trinajstić information content (AvgIpc) is 2.84. The molecule has 2 atom stereocenters. The minimum Gasteiger partial charge on any atom is -0.485 e. The van der Waals surface area contributed by atoms with Gasteiger partial charge in [-0.15, -0.1) is 0 Å². The summed E-state index contributed by atoms with van der Waals surface area (Å²) in [4.78, 5) is 13.0. The van der Waals surface area contributed by atoms with Crippen molar-refractivity contribution < 1.29 is 23.1 Å². The topological polar surface area (TPSA) is 105 Å². The SMILES string of the molecule is CCc1ccc(S(=O)(=O)N[C@@H]2c3cc(C(=O)Nc4ccc(Cl)c(Cl)c4)ccc3OC(C)(C)[C@H]2O)cc1. The number of aliphatic hydroxyl groups is 1. The van der Waals surface area contributed by atoms with Crippen LogP contribution in [0.3, 0.4) is 0 Å². The first-order chi connectivity index (χ1) is 16.9. The molecule has 1 amide bonds. The first-order valence-electron chi connectivity index (χ1n) is 11.3. The number of carbonyl (C=O) groups excluding carboxylic acids is 1. The Kier molecular flexibility index (Phi) is 7.37. The van der Waals surface area contributed by atoms with E-state index in [0.29, 0.717) is 27.0 Å². The van der Waals surface area contributed by atoms with E-state index in [-0.39, 0.29) is 10.5 Å². The molecule has 0 saturated heterocycles. The largest absolute Gasteiger partial charge is 0.485 e. The number of hydrogen-bond acceptors (Lipinski definition) is 5. The van der Waals surface area contributed by atoms with Gasteiger partial charge in [0.25, 0.3) is 5.91 Å². The molecule has 36 heavy (non-hydrogen) atoms. The van der Waals surface area contributed by atoms with Crippen molar-refractivity contribution in [3.8, 4) is 5.75 Å². The van der Waals surface area contributed by atoms with Crippen LogP contribution in [0.1, 0.15) is 48.3 Å². The van der Waals surface area contributed by atoms with Crippen molar-refractivity contribution >= 4 is 44.8 Å². The molecular formula is C26H26Cl2N2O5S. The highest BCUT2D eigenvalue weighted by molar-refractivity contribution is 7.89. The zero-order valence-electron chi connectivity index (χ0n) is 19.9. The molecule has 1 aliphatic heterocycles. The maximum atomic E-state index is 13.2. The van der Waals surface area contributed by atoms with Gasteiger partial charge in [-0.1, -0.05) is 42.3 Å². The van der Waals surface area contributed by atoms with Gasteiger partial charge in [0.15, 0.2) is 0 Å². The Morgan fingerprint density at radius 1 is 1.03 bits per heavy atom. The van der Waals surface area contributed by atoms with Crippen LogP contribution in [0.4, 0.5) is 5.69 Å². The number of ether oxygens (including phenoxy) is 1. The van der Waals surface area contributed by atoms with Crippen molar-refractivity contribution in [2.45, 2.75) is 49.8 Å². The maximum Gasteiger partial charge on any atom is 0.255 e. The van der Waals surface area contributed by atoms with Gasteiger partial charge in [0.05, 0.1) is 21.0 Å². The number of aliphatic hydroxyl groups excluding tert-OH is 1. The van der Waals surface area contributed by atoms with E-state index >= 15 is 0 Å². The number of anilines is 1. The van der Waals surface area contributed by atoms with Crippen LogP contribution in [0, 0.1) is 0 Å². The highest BCUT2D eigenvalue weighted by atomic mass is 35.5. The second kappa shape index (κ2) is 10.0. The molecule has 1 heterocycles. The molecule has 10 heteroatoms. The summed E-state index contributed by atoms with van der Waals surface area (Å²) < 4.78 is 35.0. The van der Waals surface area contributed by atoms with Crippen molar-refractivity contribution in [1.82, 2.24) is 4.72 Å². The van der Waals surface area contributed by atoms with E-state index in [0.717, 1.165) is 12.0 Å². The van der Waals surface area contributed by atoms with Crippen molar-refractivity contribution in [3.63, 3.8) is 0 Å². The fraction of sp³-hybridized carbons (Fsp3) is 0.269. The van der Waals surface area contributed by atoms with Gasteiger partial charge in [0, 0.05) is 16.8 Å². The molecule has 190 valence electrons. The van der Waals surface area contributed by atoms with Crippen LogP contribution in [-0.2, 0) is 16.4 Å². The number of sulfonamides is 1. The lowest BCUT2D eigenvalue weighted by Gasteiger charge is -2.42. The van der Waals surface area contributed by atoms with Crippen LogP contribution in [0.5, 0.6) is 5.75 Å². The summed E-state index contributed by atoms with van der Waals surface area (Å²) in [6, 6.07) is 14.9. The monoisotopic (exact) mass is 548 g/mol. The molecule has 3 N–H and O–H groups in total. The Balaban J connectivity index is 1.67. The van der Waals surface area contributed by atoms with E-state index in [1.807, 2.05) is 6.92 Å². The zero-order chi connectivity index (χ0) is 26.3. The van der Waals surface area contributed by atoms with E-state index in [2.05, 4.69) is 10.0 Å². The molecule has 3 aromatic carbocycles. The second-order valence-corrected chi connectivity index (χ2v) is 11.6. The van der Waals surface area contributed by atoms with Gasteiger partial charge in [-0.2, -0.15) is 0 Å². The number of carbonyl (C=O) groups is 1. The summed E-state index contributed by atoms with van der Waals surface area (Å²) in [6.07, 6.45) is -0.454. The van der Waals surface area contributed by atoms with Crippen LogP contribution in [0.2, 0.25) is 10.0 Å². The summed E-state index contributed by atoms with van der Waals surface area (Å²) >= 11 is 12.0. The summed E-state index contributed by atoms with van der Waals surface area (Å²) in [7, 11) is -3.99. The molecule has 0 unspecified atom stereocenters. The molecule has 0 fully saturated rings. The molecule has 0 spiro atoms. The number of hydrogen-bond donors (Lipinski definition) is 3.